The van der Waals surface area contributed by atoms with Crippen molar-refractivity contribution in [2.24, 2.45) is 0 Å². The van der Waals surface area contributed by atoms with Crippen molar-refractivity contribution >= 4 is 11.8 Å². The number of fused-ring (bicyclic) bond motifs is 2. The highest BCUT2D eigenvalue weighted by Gasteiger charge is 2.68. The zero-order valence-electron chi connectivity index (χ0n) is 17.9. The first-order valence-electron chi connectivity index (χ1n) is 10.4. The Bertz CT molecular complexity index is 961. The second-order valence-electron chi connectivity index (χ2n) is 9.16. The lowest BCUT2D eigenvalue weighted by Crippen LogP contribution is -2.56. The van der Waals surface area contributed by atoms with Gasteiger partial charge in [-0.2, -0.15) is 0 Å². The summed E-state index contributed by atoms with van der Waals surface area (Å²) in [4.78, 5) is 26.9. The Balaban J connectivity index is 1.87. The number of esters is 1. The molecule has 2 saturated heterocycles. The molecule has 0 aromatic heterocycles. The molecule has 5 nitrogen and oxygen atoms in total. The number of Topliss-reactive ketones (excluding diaryl/α,β-unsaturated/α-hetero) is 1. The van der Waals surface area contributed by atoms with Crippen LogP contribution in [0.2, 0.25) is 0 Å². The van der Waals surface area contributed by atoms with Crippen LogP contribution in [0.1, 0.15) is 57.1 Å². The van der Waals surface area contributed by atoms with Crippen molar-refractivity contribution in [1.82, 2.24) is 0 Å². The van der Waals surface area contributed by atoms with Gasteiger partial charge >= 0.3 is 5.97 Å². The van der Waals surface area contributed by atoms with Gasteiger partial charge in [-0.3, -0.25) is 4.79 Å². The SMILES string of the molecule is COc1cccc([C@@H]2C[C@@]3(c4ccccc4)CCC(=O)[C@]2(C(=O)OC(C)(C)C)O3)c1. The van der Waals surface area contributed by atoms with Crippen LogP contribution in [0.3, 0.4) is 0 Å². The van der Waals surface area contributed by atoms with Gasteiger partial charge in [-0.05, 0) is 56.9 Å². The summed E-state index contributed by atoms with van der Waals surface area (Å²) in [6.45, 7) is 5.40. The van der Waals surface area contributed by atoms with E-state index in [0.29, 0.717) is 18.6 Å². The summed E-state index contributed by atoms with van der Waals surface area (Å²) >= 11 is 0. The summed E-state index contributed by atoms with van der Waals surface area (Å²) < 4.78 is 17.7. The molecule has 30 heavy (non-hydrogen) atoms. The van der Waals surface area contributed by atoms with E-state index in [2.05, 4.69) is 0 Å². The molecule has 0 spiro atoms. The van der Waals surface area contributed by atoms with E-state index in [1.165, 1.54) is 0 Å². The third-order valence-electron chi connectivity index (χ3n) is 6.05. The maximum atomic E-state index is 13.5. The fourth-order valence-corrected chi connectivity index (χ4v) is 4.73. The third kappa shape index (κ3) is 3.31. The minimum absolute atomic E-state index is 0.214. The van der Waals surface area contributed by atoms with Crippen molar-refractivity contribution in [3.05, 3.63) is 65.7 Å². The van der Waals surface area contributed by atoms with E-state index in [1.54, 1.807) is 27.9 Å². The van der Waals surface area contributed by atoms with Crippen LogP contribution in [0, 0.1) is 0 Å². The average Bonchev–Trinajstić information content (AvgIpc) is 3.04. The number of methoxy groups -OCH3 is 1. The number of carbonyl (C=O) groups excluding carboxylic acids is 2. The minimum Gasteiger partial charge on any atom is -0.497 e. The quantitative estimate of drug-likeness (QED) is 0.549. The topological polar surface area (TPSA) is 61.8 Å². The van der Waals surface area contributed by atoms with Crippen molar-refractivity contribution in [1.29, 1.82) is 0 Å². The second kappa shape index (κ2) is 7.24. The molecule has 2 bridgehead atoms. The zero-order valence-corrected chi connectivity index (χ0v) is 17.9. The van der Waals surface area contributed by atoms with Crippen molar-refractivity contribution in [2.45, 2.75) is 62.8 Å². The number of ketones is 1. The highest BCUT2D eigenvalue weighted by atomic mass is 16.6. The predicted octanol–water partition coefficient (Wildman–Crippen LogP) is 4.54. The Labute approximate surface area is 177 Å². The molecule has 158 valence electrons. The average molecular weight is 408 g/mol. The van der Waals surface area contributed by atoms with Gasteiger partial charge in [0.2, 0.25) is 5.60 Å². The lowest BCUT2D eigenvalue weighted by atomic mass is 9.78. The van der Waals surface area contributed by atoms with E-state index in [1.807, 2.05) is 54.6 Å². The summed E-state index contributed by atoms with van der Waals surface area (Å²) in [5, 5.41) is 0. The van der Waals surface area contributed by atoms with Crippen LogP contribution in [0.15, 0.2) is 54.6 Å². The smallest absolute Gasteiger partial charge is 0.347 e. The van der Waals surface area contributed by atoms with Crippen LogP contribution in [-0.2, 0) is 24.7 Å². The summed E-state index contributed by atoms with van der Waals surface area (Å²) in [6.07, 6.45) is 1.34. The maximum absolute atomic E-state index is 13.5. The number of hydrogen-bond donors (Lipinski definition) is 0. The van der Waals surface area contributed by atoms with Gasteiger partial charge in [0.25, 0.3) is 0 Å². The zero-order chi connectivity index (χ0) is 21.6. The molecular formula is C25H28O5. The normalized spacial score (nSPS) is 28.3. The van der Waals surface area contributed by atoms with Crippen LogP contribution < -0.4 is 4.74 Å². The van der Waals surface area contributed by atoms with Gasteiger partial charge in [0.05, 0.1) is 12.7 Å². The van der Waals surface area contributed by atoms with E-state index in [9.17, 15) is 9.59 Å². The fourth-order valence-electron chi connectivity index (χ4n) is 4.73. The maximum Gasteiger partial charge on any atom is 0.347 e. The lowest BCUT2D eigenvalue weighted by Gasteiger charge is -2.40. The van der Waals surface area contributed by atoms with Crippen LogP contribution in [-0.4, -0.2) is 30.1 Å². The molecule has 3 atom stereocenters. The number of hydrogen-bond acceptors (Lipinski definition) is 5. The number of benzene rings is 2. The molecule has 0 amide bonds. The van der Waals surface area contributed by atoms with Gasteiger partial charge in [0.1, 0.15) is 11.4 Å². The first-order chi connectivity index (χ1) is 14.2. The Morgan fingerprint density at radius 1 is 1.10 bits per heavy atom. The van der Waals surface area contributed by atoms with E-state index < -0.39 is 28.7 Å². The molecule has 0 unspecified atom stereocenters. The number of rotatable bonds is 4. The molecule has 2 aromatic carbocycles. The van der Waals surface area contributed by atoms with E-state index in [-0.39, 0.29) is 12.2 Å². The lowest BCUT2D eigenvalue weighted by molar-refractivity contribution is -0.202. The van der Waals surface area contributed by atoms with Crippen LogP contribution in [0.25, 0.3) is 0 Å². The molecule has 2 aromatic rings. The molecule has 0 N–H and O–H groups in total. The molecular weight excluding hydrogens is 380 g/mol. The molecule has 2 aliphatic heterocycles. The van der Waals surface area contributed by atoms with Crippen LogP contribution in [0.4, 0.5) is 0 Å². The Morgan fingerprint density at radius 2 is 1.83 bits per heavy atom. The second-order valence-corrected chi connectivity index (χ2v) is 9.16. The first-order valence-corrected chi connectivity index (χ1v) is 10.4. The molecule has 2 fully saturated rings. The summed E-state index contributed by atoms with van der Waals surface area (Å²) in [7, 11) is 1.60. The predicted molar refractivity (Wildman–Crippen MR) is 112 cm³/mol. The van der Waals surface area contributed by atoms with Gasteiger partial charge in [0.15, 0.2) is 5.78 Å². The molecule has 0 aliphatic carbocycles. The van der Waals surface area contributed by atoms with Crippen molar-refractivity contribution in [3.8, 4) is 5.75 Å². The van der Waals surface area contributed by atoms with Crippen molar-refractivity contribution in [2.75, 3.05) is 7.11 Å². The third-order valence-corrected chi connectivity index (χ3v) is 6.05. The summed E-state index contributed by atoms with van der Waals surface area (Å²) in [5.74, 6) is -0.605. The number of carbonyl (C=O) groups is 2. The Hall–Kier alpha value is -2.66. The van der Waals surface area contributed by atoms with Gasteiger partial charge in [-0.1, -0.05) is 42.5 Å². The van der Waals surface area contributed by atoms with E-state index in [0.717, 1.165) is 11.1 Å². The van der Waals surface area contributed by atoms with Crippen molar-refractivity contribution in [3.63, 3.8) is 0 Å². The standard InChI is InChI=1S/C25H28O5/c1-23(2,3)29-22(27)25-20(17-9-8-12-19(15-17)28-4)16-24(30-25,14-13-21(25)26)18-10-6-5-7-11-18/h5-12,15,20H,13-14,16H2,1-4H3/t20-,24+,25+/m0/s1. The van der Waals surface area contributed by atoms with Gasteiger partial charge in [-0.15, -0.1) is 0 Å². The monoisotopic (exact) mass is 408 g/mol. The first kappa shape index (κ1) is 20.6. The summed E-state index contributed by atoms with van der Waals surface area (Å²) in [5.41, 5.74) is -1.28. The highest BCUT2D eigenvalue weighted by Crippen LogP contribution is 2.59. The largest absolute Gasteiger partial charge is 0.497 e. The minimum atomic E-state index is -1.66. The molecule has 4 rings (SSSR count). The van der Waals surface area contributed by atoms with Crippen molar-refractivity contribution < 1.29 is 23.8 Å². The van der Waals surface area contributed by atoms with Gasteiger partial charge in [-0.25, -0.2) is 4.79 Å². The molecule has 0 radical (unpaired) electrons. The highest BCUT2D eigenvalue weighted by molar-refractivity contribution is 6.09. The van der Waals surface area contributed by atoms with Gasteiger partial charge < -0.3 is 14.2 Å². The summed E-state index contributed by atoms with van der Waals surface area (Å²) in [6, 6.07) is 17.4. The number of ether oxygens (including phenoxy) is 3. The molecule has 2 aliphatic rings. The van der Waals surface area contributed by atoms with Crippen LogP contribution in [0.5, 0.6) is 5.75 Å². The van der Waals surface area contributed by atoms with Crippen LogP contribution >= 0.6 is 0 Å². The molecule has 2 heterocycles. The molecule has 5 heteroatoms. The fraction of sp³-hybridized carbons (Fsp3) is 0.440. The molecule has 0 saturated carbocycles. The Morgan fingerprint density at radius 3 is 2.50 bits per heavy atom. The van der Waals surface area contributed by atoms with E-state index in [4.69, 9.17) is 14.2 Å². The van der Waals surface area contributed by atoms with E-state index >= 15 is 0 Å². The van der Waals surface area contributed by atoms with Gasteiger partial charge in [0, 0.05) is 12.3 Å². The Kier molecular flexibility index (Phi) is 4.97.